The van der Waals surface area contributed by atoms with Crippen molar-refractivity contribution in [1.82, 2.24) is 14.5 Å². The summed E-state index contributed by atoms with van der Waals surface area (Å²) in [6.45, 7) is 1.14. The van der Waals surface area contributed by atoms with Crippen LogP contribution in [-0.2, 0) is 35.6 Å². The Bertz CT molecular complexity index is 1390. The summed E-state index contributed by atoms with van der Waals surface area (Å²) in [6, 6.07) is 10.5. The molecule has 4 rings (SSSR count). The second-order valence-corrected chi connectivity index (χ2v) is 10.9. The Labute approximate surface area is 216 Å². The van der Waals surface area contributed by atoms with Crippen LogP contribution in [0.5, 0.6) is 0 Å². The van der Waals surface area contributed by atoms with Gasteiger partial charge >= 0.3 is 12.4 Å². The van der Waals surface area contributed by atoms with Gasteiger partial charge in [-0.15, -0.1) is 0 Å². The van der Waals surface area contributed by atoms with E-state index in [0.717, 1.165) is 35.9 Å². The topological polar surface area (TPSA) is 76.0 Å². The summed E-state index contributed by atoms with van der Waals surface area (Å²) in [7, 11) is -4.52. The molecule has 1 aliphatic carbocycles. The van der Waals surface area contributed by atoms with E-state index < -0.39 is 45.3 Å². The molecule has 0 saturated carbocycles. The molecule has 3 aromatic rings. The molecule has 38 heavy (non-hydrogen) atoms. The summed E-state index contributed by atoms with van der Waals surface area (Å²) in [5, 5.41) is 7.19. The van der Waals surface area contributed by atoms with Gasteiger partial charge in [0.2, 0.25) is 10.0 Å². The minimum absolute atomic E-state index is 0.222. The zero-order valence-corrected chi connectivity index (χ0v) is 21.1. The fourth-order valence-electron chi connectivity index (χ4n) is 4.44. The first-order chi connectivity index (χ1) is 17.7. The molecular formula is C25H26F6N4O2S. The molecule has 13 heteroatoms. The lowest BCUT2D eigenvalue weighted by molar-refractivity contribution is -0.138. The molecule has 0 spiro atoms. The van der Waals surface area contributed by atoms with E-state index in [1.807, 2.05) is 30.3 Å². The third-order valence-corrected chi connectivity index (χ3v) is 7.75. The van der Waals surface area contributed by atoms with Gasteiger partial charge in [0.1, 0.15) is 4.90 Å². The molecule has 0 saturated heterocycles. The third-order valence-electron chi connectivity index (χ3n) is 6.31. The lowest BCUT2D eigenvalue weighted by Crippen LogP contribution is -2.27. The van der Waals surface area contributed by atoms with Crippen LogP contribution >= 0.6 is 0 Å². The Morgan fingerprint density at radius 1 is 1.03 bits per heavy atom. The van der Waals surface area contributed by atoms with Gasteiger partial charge in [-0.25, -0.2) is 17.8 Å². The predicted molar refractivity (Wildman–Crippen MR) is 129 cm³/mol. The molecule has 0 radical (unpaired) electrons. The Hall–Kier alpha value is -3.06. The van der Waals surface area contributed by atoms with Gasteiger partial charge < -0.3 is 5.32 Å². The molecule has 1 aliphatic rings. The van der Waals surface area contributed by atoms with E-state index in [1.165, 1.54) is 6.92 Å². The van der Waals surface area contributed by atoms with Gasteiger partial charge in [0.25, 0.3) is 0 Å². The van der Waals surface area contributed by atoms with E-state index in [2.05, 4.69) is 15.1 Å². The zero-order valence-electron chi connectivity index (χ0n) is 20.3. The van der Waals surface area contributed by atoms with E-state index in [4.69, 9.17) is 0 Å². The second kappa shape index (κ2) is 10.6. The molecule has 0 bridgehead atoms. The molecule has 1 unspecified atom stereocenters. The monoisotopic (exact) mass is 560 g/mol. The van der Waals surface area contributed by atoms with Crippen molar-refractivity contribution in [1.29, 1.82) is 0 Å². The maximum Gasteiger partial charge on any atom is 0.416 e. The number of halogens is 6. The summed E-state index contributed by atoms with van der Waals surface area (Å²) >= 11 is 0. The van der Waals surface area contributed by atoms with E-state index in [-0.39, 0.29) is 18.7 Å². The van der Waals surface area contributed by atoms with Crippen molar-refractivity contribution in [3.63, 3.8) is 0 Å². The second-order valence-electron chi connectivity index (χ2n) is 9.21. The van der Waals surface area contributed by atoms with Gasteiger partial charge in [0.05, 0.1) is 29.2 Å². The molecule has 206 valence electrons. The van der Waals surface area contributed by atoms with Gasteiger partial charge in [-0.05, 0) is 68.5 Å². The number of hydrogen-bond donors (Lipinski definition) is 2. The number of anilines is 1. The van der Waals surface area contributed by atoms with Gasteiger partial charge in [-0.2, -0.15) is 31.4 Å². The highest BCUT2D eigenvalue weighted by atomic mass is 32.2. The fraction of sp³-hybridized carbons (Fsp3) is 0.400. The van der Waals surface area contributed by atoms with E-state index in [0.29, 0.717) is 24.2 Å². The maximum absolute atomic E-state index is 13.4. The van der Waals surface area contributed by atoms with Crippen LogP contribution in [0.15, 0.2) is 53.4 Å². The third kappa shape index (κ3) is 6.49. The first-order valence-electron chi connectivity index (χ1n) is 11.9. The lowest BCUT2D eigenvalue weighted by atomic mass is 10.1. The molecule has 6 nitrogen and oxygen atoms in total. The first-order valence-corrected chi connectivity index (χ1v) is 13.4. The molecular weight excluding hydrogens is 534 g/mol. The number of sulfonamides is 1. The lowest BCUT2D eigenvalue weighted by Gasteiger charge is -2.20. The predicted octanol–water partition coefficient (Wildman–Crippen LogP) is 6.00. The SMILES string of the molecule is CC(CCC(F)(F)F)Nc1ccc(C(F)(F)F)cc1S(=O)(=O)NCc1nn(-c2ccccc2)c2c1CCC2. The number of rotatable bonds is 9. The molecule has 0 aliphatic heterocycles. The highest BCUT2D eigenvalue weighted by Gasteiger charge is 2.34. The van der Waals surface area contributed by atoms with Crippen LogP contribution in [-0.4, -0.2) is 30.4 Å². The molecule has 1 atom stereocenters. The van der Waals surface area contributed by atoms with E-state index in [9.17, 15) is 34.8 Å². The van der Waals surface area contributed by atoms with Crippen LogP contribution < -0.4 is 10.0 Å². The minimum atomic E-state index is -4.82. The van der Waals surface area contributed by atoms with E-state index in [1.54, 1.807) is 4.68 Å². The van der Waals surface area contributed by atoms with Crippen molar-refractivity contribution in [3.05, 3.63) is 71.0 Å². The van der Waals surface area contributed by atoms with Crippen LogP contribution in [0.3, 0.4) is 0 Å². The van der Waals surface area contributed by atoms with Crippen LogP contribution in [0.25, 0.3) is 5.69 Å². The molecule has 1 aromatic heterocycles. The Kier molecular flexibility index (Phi) is 7.80. The Balaban J connectivity index is 1.61. The average molecular weight is 561 g/mol. The number of fused-ring (bicyclic) bond motifs is 1. The van der Waals surface area contributed by atoms with Crippen LogP contribution in [0.2, 0.25) is 0 Å². The number of nitrogens with zero attached hydrogens (tertiary/aromatic N) is 2. The van der Waals surface area contributed by atoms with Gasteiger partial charge in [-0.3, -0.25) is 0 Å². The summed E-state index contributed by atoms with van der Waals surface area (Å²) in [6.07, 6.45) is -8.46. The van der Waals surface area contributed by atoms with Crippen molar-refractivity contribution < 1.29 is 34.8 Å². The van der Waals surface area contributed by atoms with Crippen molar-refractivity contribution in [2.45, 2.75) is 68.9 Å². The number of alkyl halides is 6. The summed E-state index contributed by atoms with van der Waals surface area (Å²) < 4.78 is 109. The van der Waals surface area contributed by atoms with Gasteiger partial charge in [-0.1, -0.05) is 18.2 Å². The smallest absolute Gasteiger partial charge is 0.381 e. The quantitative estimate of drug-likeness (QED) is 0.315. The van der Waals surface area contributed by atoms with Crippen LogP contribution in [0, 0.1) is 0 Å². The zero-order chi connectivity index (χ0) is 27.7. The van der Waals surface area contributed by atoms with E-state index >= 15 is 0 Å². The van der Waals surface area contributed by atoms with Crippen LogP contribution in [0.4, 0.5) is 32.0 Å². The molecule has 0 amide bonds. The molecule has 0 fully saturated rings. The van der Waals surface area contributed by atoms with Gasteiger partial charge in [0.15, 0.2) is 0 Å². The van der Waals surface area contributed by atoms with Crippen molar-refractivity contribution in [3.8, 4) is 5.69 Å². The maximum atomic E-state index is 13.4. The molecule has 2 N–H and O–H groups in total. The molecule has 1 heterocycles. The summed E-state index contributed by atoms with van der Waals surface area (Å²) in [4.78, 5) is -0.703. The standard InChI is InChI=1S/C25H26F6N4O2S/c1-16(12-13-24(26,27)28)33-20-11-10-17(25(29,30)31)14-23(20)38(36,37)32-15-21-19-8-5-9-22(19)35(34-21)18-6-3-2-4-7-18/h2-4,6-7,10-11,14,16,32-33H,5,8-9,12-13,15H2,1H3. The molecule has 2 aromatic carbocycles. The normalized spacial score (nSPS) is 14.9. The highest BCUT2D eigenvalue weighted by Crippen LogP contribution is 2.35. The minimum Gasteiger partial charge on any atom is -0.381 e. The number of para-hydroxylation sites is 1. The van der Waals surface area contributed by atoms with Gasteiger partial charge in [0, 0.05) is 18.2 Å². The van der Waals surface area contributed by atoms with Crippen LogP contribution in [0.1, 0.15) is 48.7 Å². The number of benzene rings is 2. The fourth-order valence-corrected chi connectivity index (χ4v) is 5.62. The summed E-state index contributed by atoms with van der Waals surface area (Å²) in [5.41, 5.74) is 1.69. The van der Waals surface area contributed by atoms with Crippen molar-refractivity contribution in [2.75, 3.05) is 5.32 Å². The average Bonchev–Trinajstić information content (AvgIpc) is 3.44. The largest absolute Gasteiger partial charge is 0.416 e. The Morgan fingerprint density at radius 3 is 2.39 bits per heavy atom. The van der Waals surface area contributed by atoms with Crippen molar-refractivity contribution in [2.24, 2.45) is 0 Å². The first kappa shape index (κ1) is 28.0. The number of nitrogens with one attached hydrogen (secondary N) is 2. The highest BCUT2D eigenvalue weighted by molar-refractivity contribution is 7.89. The summed E-state index contributed by atoms with van der Waals surface area (Å²) in [5.74, 6) is 0. The number of hydrogen-bond acceptors (Lipinski definition) is 4. The Morgan fingerprint density at radius 2 is 1.74 bits per heavy atom. The number of aromatic nitrogens is 2. The van der Waals surface area contributed by atoms with Crippen molar-refractivity contribution >= 4 is 15.7 Å².